The highest BCUT2D eigenvalue weighted by atomic mass is 19.4. The van der Waals surface area contributed by atoms with E-state index in [4.69, 9.17) is 0 Å². The van der Waals surface area contributed by atoms with Crippen LogP contribution in [0.25, 0.3) is 0 Å². The van der Waals surface area contributed by atoms with Crippen LogP contribution in [0, 0.1) is 17.8 Å². The van der Waals surface area contributed by atoms with E-state index in [0.717, 1.165) is 31.4 Å². The van der Waals surface area contributed by atoms with Crippen LogP contribution in [0.5, 0.6) is 0 Å². The molecule has 3 nitrogen and oxygen atoms in total. The number of amides is 1. The minimum absolute atomic E-state index is 0.129. The Labute approximate surface area is 176 Å². The summed E-state index contributed by atoms with van der Waals surface area (Å²) >= 11 is 0. The normalized spacial score (nSPS) is 26.7. The number of fused-ring (bicyclic) bond motifs is 3. The van der Waals surface area contributed by atoms with Crippen LogP contribution < -0.4 is 4.90 Å². The van der Waals surface area contributed by atoms with E-state index < -0.39 is 23.5 Å². The lowest BCUT2D eigenvalue weighted by Gasteiger charge is -2.33. The van der Waals surface area contributed by atoms with Gasteiger partial charge in [0.15, 0.2) is 0 Å². The smallest absolute Gasteiger partial charge is 0.369 e. The Morgan fingerprint density at radius 3 is 2.32 bits per heavy atom. The van der Waals surface area contributed by atoms with Gasteiger partial charge in [-0.05, 0) is 67.9 Å². The Bertz CT molecular complexity index is 835. The van der Waals surface area contributed by atoms with Gasteiger partial charge in [-0.15, -0.1) is 0 Å². The summed E-state index contributed by atoms with van der Waals surface area (Å²) in [6.45, 7) is 0.384. The monoisotopic (exact) mass is 449 g/mol. The van der Waals surface area contributed by atoms with E-state index in [1.54, 1.807) is 0 Å². The summed E-state index contributed by atoms with van der Waals surface area (Å²) in [5.41, 5.74) is -5.66. The highest BCUT2D eigenvalue weighted by Crippen LogP contribution is 2.51. The van der Waals surface area contributed by atoms with Gasteiger partial charge in [-0.25, -0.2) is 0 Å². The largest absolute Gasteiger partial charge is 0.430 e. The number of aryl methyl sites for hydroxylation is 1. The lowest BCUT2D eigenvalue weighted by Crippen LogP contribution is -2.54. The third-order valence-electron chi connectivity index (χ3n) is 7.31. The zero-order valence-corrected chi connectivity index (χ0v) is 16.9. The third-order valence-corrected chi connectivity index (χ3v) is 7.31. The van der Waals surface area contributed by atoms with Crippen molar-refractivity contribution >= 4 is 11.6 Å². The Hall–Kier alpha value is -1.77. The molecule has 172 valence electrons. The van der Waals surface area contributed by atoms with Gasteiger partial charge in [0.1, 0.15) is 0 Å². The van der Waals surface area contributed by atoms with Gasteiger partial charge in [0.05, 0.1) is 0 Å². The topological polar surface area (TPSA) is 40.5 Å². The van der Waals surface area contributed by atoms with E-state index >= 15 is 0 Å². The second-order valence-corrected chi connectivity index (χ2v) is 9.19. The average Bonchev–Trinajstić information content (AvgIpc) is 3.22. The summed E-state index contributed by atoms with van der Waals surface area (Å²) in [6, 6.07) is 2.53. The molecule has 0 saturated heterocycles. The van der Waals surface area contributed by atoms with Gasteiger partial charge in [-0.2, -0.15) is 26.3 Å². The van der Waals surface area contributed by atoms with Crippen molar-refractivity contribution in [2.45, 2.75) is 69.3 Å². The van der Waals surface area contributed by atoms with Crippen molar-refractivity contribution < 1.29 is 36.2 Å². The number of rotatable bonds is 3. The molecule has 31 heavy (non-hydrogen) atoms. The predicted molar refractivity (Wildman–Crippen MR) is 101 cm³/mol. The minimum Gasteiger partial charge on any atom is -0.369 e. The molecule has 3 atom stereocenters. The van der Waals surface area contributed by atoms with Crippen molar-refractivity contribution in [1.82, 2.24) is 0 Å². The fourth-order valence-corrected chi connectivity index (χ4v) is 5.69. The van der Waals surface area contributed by atoms with E-state index in [0.29, 0.717) is 55.3 Å². The maximum Gasteiger partial charge on any atom is 0.430 e. The summed E-state index contributed by atoms with van der Waals surface area (Å²) in [7, 11) is 0. The van der Waals surface area contributed by atoms with Crippen LogP contribution in [0.4, 0.5) is 32.0 Å². The van der Waals surface area contributed by atoms with Gasteiger partial charge in [0.2, 0.25) is 5.91 Å². The van der Waals surface area contributed by atoms with Crippen molar-refractivity contribution in [3.8, 4) is 0 Å². The fraction of sp³-hybridized carbons (Fsp3) is 0.682. The molecule has 1 aromatic rings. The van der Waals surface area contributed by atoms with Crippen molar-refractivity contribution in [3.05, 3.63) is 29.3 Å². The quantitative estimate of drug-likeness (QED) is 0.620. The van der Waals surface area contributed by atoms with Crippen molar-refractivity contribution in [1.29, 1.82) is 0 Å². The molecule has 4 rings (SSSR count). The maximum atomic E-state index is 13.3. The highest BCUT2D eigenvalue weighted by Gasteiger charge is 2.71. The molecule has 2 bridgehead atoms. The van der Waals surface area contributed by atoms with Crippen LogP contribution in [-0.4, -0.2) is 29.9 Å². The lowest BCUT2D eigenvalue weighted by atomic mass is 9.86. The van der Waals surface area contributed by atoms with E-state index in [2.05, 4.69) is 0 Å². The average molecular weight is 449 g/mol. The van der Waals surface area contributed by atoms with Crippen LogP contribution >= 0.6 is 0 Å². The predicted octanol–water partition coefficient (Wildman–Crippen LogP) is 5.49. The first-order valence-electron chi connectivity index (χ1n) is 10.7. The molecular weight excluding hydrogens is 424 g/mol. The summed E-state index contributed by atoms with van der Waals surface area (Å²) in [4.78, 5) is 14.6. The van der Waals surface area contributed by atoms with Gasteiger partial charge in [-0.1, -0.05) is 18.6 Å². The van der Waals surface area contributed by atoms with Crippen molar-refractivity contribution in [2.75, 3.05) is 11.4 Å². The molecule has 1 aliphatic heterocycles. The Morgan fingerprint density at radius 1 is 1.03 bits per heavy atom. The minimum atomic E-state index is -5.93. The molecule has 9 heteroatoms. The molecule has 2 aliphatic carbocycles. The molecular formula is C22H25F6NO2. The lowest BCUT2D eigenvalue weighted by molar-refractivity contribution is -0.376. The molecule has 1 aromatic carbocycles. The molecule has 3 aliphatic rings. The molecule has 0 aromatic heterocycles. The van der Waals surface area contributed by atoms with E-state index in [-0.39, 0.29) is 17.9 Å². The Morgan fingerprint density at radius 2 is 1.74 bits per heavy atom. The van der Waals surface area contributed by atoms with E-state index in [1.165, 1.54) is 11.3 Å². The molecule has 0 spiro atoms. The summed E-state index contributed by atoms with van der Waals surface area (Å²) in [6.07, 6.45) is -5.64. The second kappa shape index (κ2) is 7.67. The number of halogens is 6. The number of hydrogen-bond donors (Lipinski definition) is 1. The second-order valence-electron chi connectivity index (χ2n) is 9.19. The fourth-order valence-electron chi connectivity index (χ4n) is 5.69. The number of carbonyl (C=O) groups excluding carboxylic acids is 1. The van der Waals surface area contributed by atoms with Crippen LogP contribution in [-0.2, 0) is 16.8 Å². The van der Waals surface area contributed by atoms with Crippen LogP contribution in [0.15, 0.2) is 18.2 Å². The number of aliphatic hydroxyl groups is 1. The highest BCUT2D eigenvalue weighted by molar-refractivity contribution is 5.94. The number of hydrogen-bond acceptors (Lipinski definition) is 2. The molecule has 0 radical (unpaired) electrons. The standard InChI is InChI=1S/C22H25F6NO2/c23-21(24,25)20(31,22(26,27)28)17-6-7-18-15(11-17)3-1-2-8-29(18)19(30)12-16-10-13-4-5-14(16)9-13/h6-7,11,13-14,16,31H,1-5,8-10,12H2/t13-,14+,16?/m0/s1. The summed E-state index contributed by atoms with van der Waals surface area (Å²) in [5.74, 6) is 1.38. The zero-order valence-electron chi connectivity index (χ0n) is 16.9. The summed E-state index contributed by atoms with van der Waals surface area (Å²) in [5, 5.41) is 9.72. The van der Waals surface area contributed by atoms with Crippen LogP contribution in [0.1, 0.15) is 56.1 Å². The third kappa shape index (κ3) is 3.83. The van der Waals surface area contributed by atoms with Gasteiger partial charge in [-0.3, -0.25) is 4.79 Å². The Kier molecular flexibility index (Phi) is 5.55. The number of anilines is 1. The molecule has 2 fully saturated rings. The number of carbonyl (C=O) groups is 1. The number of alkyl halides is 6. The van der Waals surface area contributed by atoms with Gasteiger partial charge in [0, 0.05) is 24.2 Å². The first-order valence-corrected chi connectivity index (χ1v) is 10.7. The number of nitrogens with zero attached hydrogens (tertiary/aromatic N) is 1. The molecule has 1 heterocycles. The van der Waals surface area contributed by atoms with Crippen LogP contribution in [0.2, 0.25) is 0 Å². The Balaban J connectivity index is 1.63. The SMILES string of the molecule is O=C(CC1C[C@H]2CC[C@@H]1C2)N1CCCCc2cc(C(O)(C(F)(F)F)C(F)(F)F)ccc21. The molecule has 2 saturated carbocycles. The first kappa shape index (κ1) is 22.4. The van der Waals surface area contributed by atoms with Gasteiger partial charge in [0.25, 0.3) is 5.60 Å². The molecule has 1 unspecified atom stereocenters. The summed E-state index contributed by atoms with van der Waals surface area (Å²) < 4.78 is 79.6. The maximum absolute atomic E-state index is 13.3. The van der Waals surface area contributed by atoms with Crippen molar-refractivity contribution in [3.63, 3.8) is 0 Å². The first-order chi connectivity index (χ1) is 14.4. The molecule has 1 N–H and O–H groups in total. The van der Waals surface area contributed by atoms with Crippen molar-refractivity contribution in [2.24, 2.45) is 17.8 Å². The molecule has 1 amide bonds. The van der Waals surface area contributed by atoms with Crippen LogP contribution in [0.3, 0.4) is 0 Å². The van der Waals surface area contributed by atoms with E-state index in [9.17, 15) is 36.2 Å². The zero-order chi connectivity index (χ0) is 22.6. The van der Waals surface area contributed by atoms with Gasteiger partial charge >= 0.3 is 12.4 Å². The number of benzene rings is 1. The van der Waals surface area contributed by atoms with Gasteiger partial charge < -0.3 is 10.0 Å². The van der Waals surface area contributed by atoms with E-state index in [1.807, 2.05) is 0 Å².